The zero-order valence-electron chi connectivity index (χ0n) is 14.6. The highest BCUT2D eigenvalue weighted by molar-refractivity contribution is 5.92. The molecule has 3 heterocycles. The van der Waals surface area contributed by atoms with E-state index >= 15 is 0 Å². The summed E-state index contributed by atoms with van der Waals surface area (Å²) in [6, 6.07) is 4.35. The molecule has 2 amide bonds. The van der Waals surface area contributed by atoms with E-state index in [1.165, 1.54) is 12.0 Å². The number of amides is 2. The summed E-state index contributed by atoms with van der Waals surface area (Å²) in [6.07, 6.45) is 4.88. The molecule has 0 aromatic carbocycles. The van der Waals surface area contributed by atoms with Crippen LogP contribution in [0.1, 0.15) is 48.3 Å². The van der Waals surface area contributed by atoms with Crippen LogP contribution in [-0.2, 0) is 4.79 Å². The van der Waals surface area contributed by atoms with E-state index in [0.717, 1.165) is 25.9 Å². The highest BCUT2D eigenvalue weighted by Gasteiger charge is 2.25. The van der Waals surface area contributed by atoms with Crippen molar-refractivity contribution in [1.82, 2.24) is 19.7 Å². The largest absolute Gasteiger partial charge is 0.341 e. The van der Waals surface area contributed by atoms with Gasteiger partial charge in [0.1, 0.15) is 5.69 Å². The lowest BCUT2D eigenvalue weighted by Gasteiger charge is -2.23. The predicted octanol–water partition coefficient (Wildman–Crippen LogP) is 1.54. The number of hydrogen-bond donors (Lipinski definition) is 0. The van der Waals surface area contributed by atoms with Crippen molar-refractivity contribution in [1.29, 1.82) is 0 Å². The van der Waals surface area contributed by atoms with Gasteiger partial charge in [-0.15, -0.1) is 0 Å². The van der Waals surface area contributed by atoms with Gasteiger partial charge in [0.2, 0.25) is 5.91 Å². The standard InChI is InChI=1S/C18H26N4O2/c1-14(23)21-9-4-10-22(12-11-21)18(24)16-13-15(6-7-19-16)17-5-3-8-20(17)2/h6-7,13,17H,3-5,8-12H2,1-2H3/t17-/m0/s1. The molecule has 1 aromatic heterocycles. The summed E-state index contributed by atoms with van der Waals surface area (Å²) < 4.78 is 0. The maximum atomic E-state index is 12.8. The van der Waals surface area contributed by atoms with Gasteiger partial charge in [0.05, 0.1) is 0 Å². The Kier molecular flexibility index (Phi) is 5.14. The van der Waals surface area contributed by atoms with E-state index in [4.69, 9.17) is 0 Å². The maximum Gasteiger partial charge on any atom is 0.272 e. The number of carbonyl (C=O) groups excluding carboxylic acids is 2. The van der Waals surface area contributed by atoms with Crippen molar-refractivity contribution in [2.45, 2.75) is 32.2 Å². The Morgan fingerprint density at radius 2 is 1.83 bits per heavy atom. The Labute approximate surface area is 143 Å². The molecule has 0 N–H and O–H groups in total. The van der Waals surface area contributed by atoms with Crippen LogP contribution in [0, 0.1) is 0 Å². The molecule has 130 valence electrons. The number of carbonyl (C=O) groups is 2. The molecule has 6 heteroatoms. The molecule has 0 aliphatic carbocycles. The average Bonchev–Trinajstić information content (AvgIpc) is 2.85. The lowest BCUT2D eigenvalue weighted by atomic mass is 10.0. The summed E-state index contributed by atoms with van der Waals surface area (Å²) in [5.74, 6) is 0.0524. The predicted molar refractivity (Wildman–Crippen MR) is 91.6 cm³/mol. The van der Waals surface area contributed by atoms with Crippen LogP contribution < -0.4 is 0 Å². The first-order chi connectivity index (χ1) is 11.6. The maximum absolute atomic E-state index is 12.8. The first-order valence-electron chi connectivity index (χ1n) is 8.77. The fraction of sp³-hybridized carbons (Fsp3) is 0.611. The van der Waals surface area contributed by atoms with E-state index in [-0.39, 0.29) is 11.8 Å². The minimum atomic E-state index is -0.0251. The fourth-order valence-corrected chi connectivity index (χ4v) is 3.70. The quantitative estimate of drug-likeness (QED) is 0.825. The van der Waals surface area contributed by atoms with Gasteiger partial charge in [0, 0.05) is 45.3 Å². The number of nitrogens with zero attached hydrogens (tertiary/aromatic N) is 4. The molecule has 24 heavy (non-hydrogen) atoms. The molecule has 0 unspecified atom stereocenters. The number of likely N-dealkylation sites (tertiary alicyclic amines) is 1. The van der Waals surface area contributed by atoms with Crippen molar-refractivity contribution in [2.75, 3.05) is 39.8 Å². The molecule has 2 aliphatic rings. The summed E-state index contributed by atoms with van der Waals surface area (Å²) in [7, 11) is 2.13. The van der Waals surface area contributed by atoms with E-state index in [2.05, 4.69) is 16.9 Å². The molecule has 2 fully saturated rings. The van der Waals surface area contributed by atoms with Crippen molar-refractivity contribution >= 4 is 11.8 Å². The highest BCUT2D eigenvalue weighted by Crippen LogP contribution is 2.30. The second-order valence-electron chi connectivity index (χ2n) is 6.76. The van der Waals surface area contributed by atoms with E-state index < -0.39 is 0 Å². The number of aromatic nitrogens is 1. The van der Waals surface area contributed by atoms with Crippen LogP contribution in [-0.4, -0.2) is 71.3 Å². The normalized spacial score (nSPS) is 22.5. The minimum absolute atomic E-state index is 0.0251. The minimum Gasteiger partial charge on any atom is -0.341 e. The Bertz CT molecular complexity index is 619. The third-order valence-corrected chi connectivity index (χ3v) is 5.14. The molecule has 0 bridgehead atoms. The molecule has 3 rings (SSSR count). The zero-order chi connectivity index (χ0) is 17.1. The molecule has 1 aromatic rings. The highest BCUT2D eigenvalue weighted by atomic mass is 16.2. The zero-order valence-corrected chi connectivity index (χ0v) is 14.6. The van der Waals surface area contributed by atoms with Crippen LogP contribution in [0.4, 0.5) is 0 Å². The van der Waals surface area contributed by atoms with Crippen molar-refractivity contribution in [3.63, 3.8) is 0 Å². The summed E-state index contributed by atoms with van der Waals surface area (Å²) in [5, 5.41) is 0. The molecular weight excluding hydrogens is 304 g/mol. The topological polar surface area (TPSA) is 56.8 Å². The van der Waals surface area contributed by atoms with Crippen LogP contribution in [0.15, 0.2) is 18.3 Å². The third-order valence-electron chi connectivity index (χ3n) is 5.14. The Morgan fingerprint density at radius 1 is 1.08 bits per heavy atom. The second kappa shape index (κ2) is 7.30. The second-order valence-corrected chi connectivity index (χ2v) is 6.76. The Balaban J connectivity index is 1.72. The van der Waals surface area contributed by atoms with Gasteiger partial charge in [-0.3, -0.25) is 19.5 Å². The van der Waals surface area contributed by atoms with Gasteiger partial charge in [-0.1, -0.05) is 0 Å². The molecule has 0 radical (unpaired) electrons. The molecule has 1 atom stereocenters. The average molecular weight is 330 g/mol. The molecule has 6 nitrogen and oxygen atoms in total. The number of rotatable bonds is 2. The number of hydrogen-bond acceptors (Lipinski definition) is 4. The van der Waals surface area contributed by atoms with Gasteiger partial charge < -0.3 is 9.80 Å². The van der Waals surface area contributed by atoms with Gasteiger partial charge in [0.15, 0.2) is 0 Å². The van der Waals surface area contributed by atoms with E-state index in [1.54, 1.807) is 13.1 Å². The van der Waals surface area contributed by atoms with Gasteiger partial charge >= 0.3 is 0 Å². The van der Waals surface area contributed by atoms with Crippen LogP contribution in [0.5, 0.6) is 0 Å². The summed E-state index contributed by atoms with van der Waals surface area (Å²) in [6.45, 7) is 5.26. The lowest BCUT2D eigenvalue weighted by molar-refractivity contribution is -0.128. The van der Waals surface area contributed by atoms with E-state index in [1.807, 2.05) is 21.9 Å². The van der Waals surface area contributed by atoms with Gasteiger partial charge in [-0.25, -0.2) is 0 Å². The van der Waals surface area contributed by atoms with Crippen LogP contribution in [0.25, 0.3) is 0 Å². The van der Waals surface area contributed by atoms with Crippen LogP contribution >= 0.6 is 0 Å². The lowest BCUT2D eigenvalue weighted by Crippen LogP contribution is -2.36. The molecule has 0 spiro atoms. The summed E-state index contributed by atoms with van der Waals surface area (Å²) in [4.78, 5) is 34.6. The van der Waals surface area contributed by atoms with Gasteiger partial charge in [-0.05, 0) is 50.6 Å². The molecule has 2 saturated heterocycles. The van der Waals surface area contributed by atoms with Crippen molar-refractivity contribution in [3.05, 3.63) is 29.6 Å². The third kappa shape index (κ3) is 3.59. The van der Waals surface area contributed by atoms with Gasteiger partial charge in [-0.2, -0.15) is 0 Å². The van der Waals surface area contributed by atoms with E-state index in [9.17, 15) is 9.59 Å². The Morgan fingerprint density at radius 3 is 2.54 bits per heavy atom. The monoisotopic (exact) mass is 330 g/mol. The molecule has 0 saturated carbocycles. The van der Waals surface area contributed by atoms with Crippen molar-refractivity contribution in [2.24, 2.45) is 0 Å². The first kappa shape index (κ1) is 16.9. The summed E-state index contributed by atoms with van der Waals surface area (Å²) in [5.41, 5.74) is 1.69. The van der Waals surface area contributed by atoms with Crippen molar-refractivity contribution in [3.8, 4) is 0 Å². The fourth-order valence-electron chi connectivity index (χ4n) is 3.70. The molecular formula is C18H26N4O2. The van der Waals surface area contributed by atoms with Crippen LogP contribution in [0.3, 0.4) is 0 Å². The van der Waals surface area contributed by atoms with Crippen molar-refractivity contribution < 1.29 is 9.59 Å². The SMILES string of the molecule is CC(=O)N1CCCN(C(=O)c2cc([C@@H]3CCCN3C)ccn2)CC1. The smallest absolute Gasteiger partial charge is 0.272 e. The van der Waals surface area contributed by atoms with Crippen LogP contribution in [0.2, 0.25) is 0 Å². The number of pyridine rings is 1. The molecule has 2 aliphatic heterocycles. The van der Waals surface area contributed by atoms with Gasteiger partial charge in [0.25, 0.3) is 5.91 Å². The first-order valence-corrected chi connectivity index (χ1v) is 8.77. The summed E-state index contributed by atoms with van der Waals surface area (Å²) >= 11 is 0. The Hall–Kier alpha value is -1.95. The van der Waals surface area contributed by atoms with E-state index in [0.29, 0.717) is 31.4 Å².